The SMILES string of the molecule is CN(C)C(=O)c1ccc(NC(=O)/C=C/c2cccc(Br)c2)cc1. The van der Waals surface area contributed by atoms with Gasteiger partial charge in [0.2, 0.25) is 5.91 Å². The van der Waals surface area contributed by atoms with Gasteiger partial charge in [0, 0.05) is 35.9 Å². The zero-order chi connectivity index (χ0) is 16.8. The van der Waals surface area contributed by atoms with Gasteiger partial charge in [-0.3, -0.25) is 9.59 Å². The molecule has 0 aliphatic carbocycles. The van der Waals surface area contributed by atoms with Gasteiger partial charge in [0.25, 0.3) is 5.91 Å². The third-order valence-electron chi connectivity index (χ3n) is 3.08. The predicted molar refractivity (Wildman–Crippen MR) is 96.3 cm³/mol. The summed E-state index contributed by atoms with van der Waals surface area (Å²) < 4.78 is 0.959. The van der Waals surface area contributed by atoms with Crippen molar-refractivity contribution < 1.29 is 9.59 Å². The molecule has 0 heterocycles. The lowest BCUT2D eigenvalue weighted by molar-refractivity contribution is -0.111. The monoisotopic (exact) mass is 372 g/mol. The smallest absolute Gasteiger partial charge is 0.253 e. The van der Waals surface area contributed by atoms with Gasteiger partial charge in [0.05, 0.1) is 0 Å². The van der Waals surface area contributed by atoms with Crippen LogP contribution in [0.3, 0.4) is 0 Å². The molecule has 0 unspecified atom stereocenters. The van der Waals surface area contributed by atoms with Crippen LogP contribution in [0.15, 0.2) is 59.1 Å². The number of halogens is 1. The van der Waals surface area contributed by atoms with Crippen molar-refractivity contribution >= 4 is 39.5 Å². The average molecular weight is 373 g/mol. The summed E-state index contributed by atoms with van der Waals surface area (Å²) >= 11 is 3.39. The molecule has 0 saturated carbocycles. The third kappa shape index (κ3) is 5.07. The summed E-state index contributed by atoms with van der Waals surface area (Å²) in [5, 5.41) is 2.76. The van der Waals surface area contributed by atoms with E-state index in [2.05, 4.69) is 21.2 Å². The largest absolute Gasteiger partial charge is 0.345 e. The Labute approximate surface area is 143 Å². The Balaban J connectivity index is 1.99. The van der Waals surface area contributed by atoms with Crippen LogP contribution >= 0.6 is 15.9 Å². The van der Waals surface area contributed by atoms with Crippen LogP contribution in [-0.4, -0.2) is 30.8 Å². The quantitative estimate of drug-likeness (QED) is 0.829. The highest BCUT2D eigenvalue weighted by molar-refractivity contribution is 9.10. The van der Waals surface area contributed by atoms with Gasteiger partial charge >= 0.3 is 0 Å². The van der Waals surface area contributed by atoms with Gasteiger partial charge in [-0.15, -0.1) is 0 Å². The van der Waals surface area contributed by atoms with Crippen molar-refractivity contribution in [2.45, 2.75) is 0 Å². The highest BCUT2D eigenvalue weighted by Gasteiger charge is 2.07. The topological polar surface area (TPSA) is 49.4 Å². The lowest BCUT2D eigenvalue weighted by Crippen LogP contribution is -2.21. The molecule has 1 N–H and O–H groups in total. The van der Waals surface area contributed by atoms with Gasteiger partial charge in [0.1, 0.15) is 0 Å². The molecule has 0 saturated heterocycles. The molecule has 2 rings (SSSR count). The van der Waals surface area contributed by atoms with Crippen LogP contribution in [0, 0.1) is 0 Å². The van der Waals surface area contributed by atoms with E-state index in [1.54, 1.807) is 44.4 Å². The number of nitrogens with zero attached hydrogens (tertiary/aromatic N) is 1. The summed E-state index contributed by atoms with van der Waals surface area (Å²) in [7, 11) is 3.40. The summed E-state index contributed by atoms with van der Waals surface area (Å²) in [4.78, 5) is 25.2. The van der Waals surface area contributed by atoms with Gasteiger partial charge < -0.3 is 10.2 Å². The fraction of sp³-hybridized carbons (Fsp3) is 0.111. The minimum absolute atomic E-state index is 0.0718. The van der Waals surface area contributed by atoms with E-state index in [0.29, 0.717) is 11.3 Å². The van der Waals surface area contributed by atoms with Crippen molar-refractivity contribution in [3.8, 4) is 0 Å². The first-order chi connectivity index (χ1) is 11.0. The fourth-order valence-electron chi connectivity index (χ4n) is 1.92. The first-order valence-corrected chi connectivity index (χ1v) is 7.81. The molecule has 2 amide bonds. The van der Waals surface area contributed by atoms with Crippen LogP contribution in [0.2, 0.25) is 0 Å². The first kappa shape index (κ1) is 17.0. The minimum atomic E-state index is -0.225. The molecule has 0 spiro atoms. The number of carbonyl (C=O) groups is 2. The number of benzene rings is 2. The summed E-state index contributed by atoms with van der Waals surface area (Å²) in [5.74, 6) is -0.297. The number of nitrogens with one attached hydrogen (secondary N) is 1. The van der Waals surface area contributed by atoms with Crippen molar-refractivity contribution in [3.05, 3.63) is 70.2 Å². The summed E-state index contributed by atoms with van der Waals surface area (Å²) in [6.45, 7) is 0. The van der Waals surface area contributed by atoms with E-state index in [9.17, 15) is 9.59 Å². The van der Waals surface area contributed by atoms with Crippen LogP contribution in [0.4, 0.5) is 5.69 Å². The minimum Gasteiger partial charge on any atom is -0.345 e. The van der Waals surface area contributed by atoms with Crippen LogP contribution in [0.1, 0.15) is 15.9 Å². The van der Waals surface area contributed by atoms with Gasteiger partial charge in [-0.1, -0.05) is 28.1 Å². The molecular weight excluding hydrogens is 356 g/mol. The molecule has 2 aromatic rings. The van der Waals surface area contributed by atoms with Gasteiger partial charge in [-0.2, -0.15) is 0 Å². The Morgan fingerprint density at radius 3 is 2.39 bits per heavy atom. The van der Waals surface area contributed by atoms with E-state index in [1.165, 1.54) is 11.0 Å². The van der Waals surface area contributed by atoms with E-state index in [1.807, 2.05) is 24.3 Å². The molecule has 0 bridgehead atoms. The maximum Gasteiger partial charge on any atom is 0.253 e. The number of hydrogen-bond acceptors (Lipinski definition) is 2. The second-order valence-corrected chi connectivity index (χ2v) is 6.07. The zero-order valence-corrected chi connectivity index (χ0v) is 14.5. The second-order valence-electron chi connectivity index (χ2n) is 5.15. The molecule has 0 aliphatic heterocycles. The zero-order valence-electron chi connectivity index (χ0n) is 12.9. The Hall–Kier alpha value is -2.40. The Morgan fingerprint density at radius 2 is 1.78 bits per heavy atom. The standard InChI is InChI=1S/C18H17BrN2O2/c1-21(2)18(23)14-7-9-16(10-8-14)20-17(22)11-6-13-4-3-5-15(19)12-13/h3-12H,1-2H3,(H,20,22)/b11-6+. The lowest BCUT2D eigenvalue weighted by Gasteiger charge is -2.10. The molecule has 23 heavy (non-hydrogen) atoms. The number of hydrogen-bond donors (Lipinski definition) is 1. The summed E-state index contributed by atoms with van der Waals surface area (Å²) in [6, 6.07) is 14.5. The van der Waals surface area contributed by atoms with E-state index in [-0.39, 0.29) is 11.8 Å². The van der Waals surface area contributed by atoms with Crippen molar-refractivity contribution in [3.63, 3.8) is 0 Å². The lowest BCUT2D eigenvalue weighted by atomic mass is 10.2. The van der Waals surface area contributed by atoms with Crippen LogP contribution in [0.25, 0.3) is 6.08 Å². The maximum atomic E-state index is 11.9. The molecule has 0 radical (unpaired) electrons. The molecule has 0 aromatic heterocycles. The average Bonchev–Trinajstić information content (AvgIpc) is 2.53. The molecule has 5 heteroatoms. The molecule has 118 valence electrons. The molecule has 4 nitrogen and oxygen atoms in total. The first-order valence-electron chi connectivity index (χ1n) is 7.02. The Bertz CT molecular complexity index is 737. The third-order valence-corrected chi connectivity index (χ3v) is 3.57. The summed E-state index contributed by atoms with van der Waals surface area (Å²) in [6.07, 6.45) is 3.21. The number of rotatable bonds is 4. The van der Waals surface area contributed by atoms with E-state index >= 15 is 0 Å². The molecule has 0 aliphatic rings. The van der Waals surface area contributed by atoms with Gasteiger partial charge in [-0.25, -0.2) is 0 Å². The number of carbonyl (C=O) groups excluding carboxylic acids is 2. The molecule has 2 aromatic carbocycles. The van der Waals surface area contributed by atoms with E-state index < -0.39 is 0 Å². The number of amides is 2. The predicted octanol–water partition coefficient (Wildman–Crippen LogP) is 3.80. The van der Waals surface area contributed by atoms with Crippen molar-refractivity contribution in [1.29, 1.82) is 0 Å². The number of anilines is 1. The molecule has 0 atom stereocenters. The highest BCUT2D eigenvalue weighted by Crippen LogP contribution is 2.13. The molecular formula is C18H17BrN2O2. The summed E-state index contributed by atoms with van der Waals surface area (Å²) in [5.41, 5.74) is 2.16. The fourth-order valence-corrected chi connectivity index (χ4v) is 2.34. The molecule has 0 fully saturated rings. The van der Waals surface area contributed by atoms with Crippen LogP contribution < -0.4 is 5.32 Å². The van der Waals surface area contributed by atoms with E-state index in [4.69, 9.17) is 0 Å². The van der Waals surface area contributed by atoms with Gasteiger partial charge in [0.15, 0.2) is 0 Å². The van der Waals surface area contributed by atoms with Gasteiger partial charge in [-0.05, 0) is 48.0 Å². The maximum absolute atomic E-state index is 11.9. The van der Waals surface area contributed by atoms with Crippen molar-refractivity contribution in [1.82, 2.24) is 4.90 Å². The van der Waals surface area contributed by atoms with E-state index in [0.717, 1.165) is 10.0 Å². The second kappa shape index (κ2) is 7.74. The van der Waals surface area contributed by atoms with Crippen LogP contribution in [-0.2, 0) is 4.79 Å². The normalized spacial score (nSPS) is 10.6. The van der Waals surface area contributed by atoms with Crippen molar-refractivity contribution in [2.75, 3.05) is 19.4 Å². The Kier molecular flexibility index (Phi) is 5.71. The van der Waals surface area contributed by atoms with Crippen LogP contribution in [0.5, 0.6) is 0 Å². The van der Waals surface area contributed by atoms with Crippen molar-refractivity contribution in [2.24, 2.45) is 0 Å². The highest BCUT2D eigenvalue weighted by atomic mass is 79.9. The Morgan fingerprint density at radius 1 is 1.09 bits per heavy atom.